The van der Waals surface area contributed by atoms with Crippen LogP contribution in [-0.4, -0.2) is 29.9 Å². The minimum absolute atomic E-state index is 0.147. The lowest BCUT2D eigenvalue weighted by atomic mass is 9.72. The monoisotopic (exact) mass is 583 g/mol. The number of anilines is 1. The molecular formula is C42H51N2+. The number of allylic oxidation sites excluding steroid dienone is 1. The van der Waals surface area contributed by atoms with Gasteiger partial charge in [-0.25, -0.2) is 0 Å². The van der Waals surface area contributed by atoms with Gasteiger partial charge in [0.25, 0.3) is 0 Å². The molecule has 228 valence electrons. The van der Waals surface area contributed by atoms with Gasteiger partial charge in [-0.15, -0.1) is 0 Å². The van der Waals surface area contributed by atoms with Crippen LogP contribution in [0.15, 0.2) is 91.0 Å². The highest BCUT2D eigenvalue weighted by Gasteiger charge is 2.48. The van der Waals surface area contributed by atoms with Gasteiger partial charge in [-0.05, 0) is 98.2 Å². The summed E-state index contributed by atoms with van der Waals surface area (Å²) in [5.41, 5.74) is 9.55. The second-order valence-corrected chi connectivity index (χ2v) is 13.4. The van der Waals surface area contributed by atoms with E-state index < -0.39 is 0 Å². The van der Waals surface area contributed by atoms with E-state index >= 15 is 0 Å². The molecule has 1 aliphatic heterocycles. The Labute approximate surface area is 266 Å². The van der Waals surface area contributed by atoms with Crippen molar-refractivity contribution < 1.29 is 4.58 Å². The maximum Gasteiger partial charge on any atom is 0.210 e. The summed E-state index contributed by atoms with van der Waals surface area (Å²) in [6.45, 7) is 12.4. The Kier molecular flexibility index (Phi) is 9.36. The lowest BCUT2D eigenvalue weighted by molar-refractivity contribution is -0.438. The fourth-order valence-corrected chi connectivity index (χ4v) is 8.07. The molecule has 0 spiro atoms. The van der Waals surface area contributed by atoms with Crippen LogP contribution in [0.25, 0.3) is 16.8 Å². The molecular weight excluding hydrogens is 532 g/mol. The molecule has 1 atom stereocenters. The minimum atomic E-state index is -0.147. The van der Waals surface area contributed by atoms with E-state index in [-0.39, 0.29) is 5.41 Å². The van der Waals surface area contributed by atoms with Gasteiger partial charge in [-0.2, -0.15) is 4.58 Å². The second-order valence-electron chi connectivity index (χ2n) is 13.4. The number of rotatable bonds is 12. The van der Waals surface area contributed by atoms with Crippen LogP contribution >= 0.6 is 0 Å². The van der Waals surface area contributed by atoms with Crippen molar-refractivity contribution in [2.75, 3.05) is 24.5 Å². The number of nitrogens with zero attached hydrogens (tertiary/aromatic N) is 2. The van der Waals surface area contributed by atoms with E-state index in [1.54, 1.807) is 0 Å². The Morgan fingerprint density at radius 1 is 0.818 bits per heavy atom. The van der Waals surface area contributed by atoms with Crippen molar-refractivity contribution in [2.45, 2.75) is 84.5 Å². The Hall–Kier alpha value is -3.65. The van der Waals surface area contributed by atoms with Gasteiger partial charge < -0.3 is 4.90 Å². The minimum Gasteiger partial charge on any atom is -0.372 e. The van der Waals surface area contributed by atoms with Crippen molar-refractivity contribution in [3.63, 3.8) is 0 Å². The largest absolute Gasteiger partial charge is 0.372 e. The van der Waals surface area contributed by atoms with Crippen LogP contribution in [0.3, 0.4) is 0 Å². The number of hydrogen-bond acceptors (Lipinski definition) is 1. The molecule has 0 radical (unpaired) electrons. The van der Waals surface area contributed by atoms with E-state index in [4.69, 9.17) is 0 Å². The summed E-state index contributed by atoms with van der Waals surface area (Å²) in [5.74, 6) is 0.957. The van der Waals surface area contributed by atoms with Gasteiger partial charge in [0, 0.05) is 42.9 Å². The molecule has 0 amide bonds. The zero-order valence-electron chi connectivity index (χ0n) is 27.5. The van der Waals surface area contributed by atoms with Crippen molar-refractivity contribution >= 4 is 33.9 Å². The highest BCUT2D eigenvalue weighted by Crippen LogP contribution is 2.47. The smallest absolute Gasteiger partial charge is 0.210 e. The first-order chi connectivity index (χ1) is 21.5. The third kappa shape index (κ3) is 6.14. The topological polar surface area (TPSA) is 6.25 Å². The molecule has 4 aromatic carbocycles. The standard InChI is InChI=1S/C42H51N2/c1-5-43(6-2)37-26-22-34(23-27-37)24-29-40-42(4,31-36-20-10-7-15-32(36)3)41-38-21-12-11-19-35(38)25-28-39(41)44(40)30-14-13-18-33-16-8-9-17-33/h7,10-12,15,19-29,33H,5-6,8-9,13-14,16-18,30-31H2,1-4H3/q+1. The van der Waals surface area contributed by atoms with E-state index in [0.717, 1.165) is 32.0 Å². The Balaban J connectivity index is 1.42. The van der Waals surface area contributed by atoms with Gasteiger partial charge in [-0.3, -0.25) is 0 Å². The first-order valence-corrected chi connectivity index (χ1v) is 17.3. The highest BCUT2D eigenvalue weighted by atomic mass is 15.1. The third-order valence-electron chi connectivity index (χ3n) is 10.6. The third-order valence-corrected chi connectivity index (χ3v) is 10.6. The first kappa shape index (κ1) is 30.4. The number of benzene rings is 4. The van der Waals surface area contributed by atoms with Gasteiger partial charge in [0.1, 0.15) is 6.54 Å². The maximum atomic E-state index is 2.69. The Morgan fingerprint density at radius 2 is 1.55 bits per heavy atom. The summed E-state index contributed by atoms with van der Waals surface area (Å²) < 4.78 is 2.69. The van der Waals surface area contributed by atoms with Crippen molar-refractivity contribution in [3.8, 4) is 0 Å². The van der Waals surface area contributed by atoms with Crippen molar-refractivity contribution in [1.29, 1.82) is 0 Å². The molecule has 0 bridgehead atoms. The van der Waals surface area contributed by atoms with Gasteiger partial charge in [0.2, 0.25) is 5.69 Å². The average molecular weight is 584 g/mol. The van der Waals surface area contributed by atoms with Gasteiger partial charge in [-0.1, -0.05) is 92.8 Å². The molecule has 1 saturated carbocycles. The number of unbranched alkanes of at least 4 members (excludes halogenated alkanes) is 1. The van der Waals surface area contributed by atoms with Crippen molar-refractivity contribution in [3.05, 3.63) is 113 Å². The van der Waals surface area contributed by atoms with Gasteiger partial charge >= 0.3 is 0 Å². The van der Waals surface area contributed by atoms with Crippen LogP contribution in [0, 0.1) is 12.8 Å². The van der Waals surface area contributed by atoms with Crippen LogP contribution in [-0.2, 0) is 11.8 Å². The molecule has 2 heteroatoms. The van der Waals surface area contributed by atoms with E-state index in [0.29, 0.717) is 0 Å². The number of aryl methyl sites for hydroxylation is 1. The molecule has 2 nitrogen and oxygen atoms in total. The molecule has 6 rings (SSSR count). The van der Waals surface area contributed by atoms with E-state index in [1.165, 1.54) is 95.1 Å². The van der Waals surface area contributed by atoms with Crippen LogP contribution < -0.4 is 4.90 Å². The Bertz CT molecular complexity index is 1630. The maximum absolute atomic E-state index is 2.69. The number of fused-ring (bicyclic) bond motifs is 3. The molecule has 44 heavy (non-hydrogen) atoms. The van der Waals surface area contributed by atoms with E-state index in [1.807, 2.05) is 0 Å². The zero-order chi connectivity index (χ0) is 30.5. The summed E-state index contributed by atoms with van der Waals surface area (Å²) in [7, 11) is 0. The summed E-state index contributed by atoms with van der Waals surface area (Å²) >= 11 is 0. The molecule has 0 saturated heterocycles. The van der Waals surface area contributed by atoms with Gasteiger partial charge in [0.15, 0.2) is 5.71 Å². The molecule has 4 aromatic rings. The zero-order valence-corrected chi connectivity index (χ0v) is 27.5. The highest BCUT2D eigenvalue weighted by molar-refractivity contribution is 6.09. The fourth-order valence-electron chi connectivity index (χ4n) is 8.07. The van der Waals surface area contributed by atoms with Crippen LogP contribution in [0.4, 0.5) is 11.4 Å². The molecule has 2 aliphatic rings. The lowest BCUT2D eigenvalue weighted by Gasteiger charge is -2.25. The predicted molar refractivity (Wildman–Crippen MR) is 191 cm³/mol. The van der Waals surface area contributed by atoms with Crippen LogP contribution in [0.5, 0.6) is 0 Å². The molecule has 1 unspecified atom stereocenters. The summed E-state index contributed by atoms with van der Waals surface area (Å²) in [6, 6.07) is 31.9. The summed E-state index contributed by atoms with van der Waals surface area (Å²) in [5, 5.41) is 2.73. The second kappa shape index (κ2) is 13.6. The molecule has 1 heterocycles. The SMILES string of the molecule is CCN(CC)c1ccc(C=CC2=[N+](CCCCC3CCCC3)c3ccc4ccccc4c3C2(C)Cc2ccccc2C)cc1. The van der Waals surface area contributed by atoms with Crippen LogP contribution in [0.2, 0.25) is 0 Å². The average Bonchev–Trinajstić information content (AvgIpc) is 3.65. The molecule has 1 fully saturated rings. The lowest BCUT2D eigenvalue weighted by Crippen LogP contribution is -2.34. The Morgan fingerprint density at radius 3 is 2.30 bits per heavy atom. The van der Waals surface area contributed by atoms with E-state index in [2.05, 4.69) is 134 Å². The molecule has 1 aliphatic carbocycles. The summed E-state index contributed by atoms with van der Waals surface area (Å²) in [4.78, 5) is 2.41. The first-order valence-electron chi connectivity index (χ1n) is 17.3. The molecule has 0 N–H and O–H groups in total. The molecule has 0 aromatic heterocycles. The normalized spacial score (nSPS) is 18.5. The van der Waals surface area contributed by atoms with E-state index in [9.17, 15) is 0 Å². The van der Waals surface area contributed by atoms with Crippen molar-refractivity contribution in [1.82, 2.24) is 0 Å². The fraction of sp³-hybridized carbons (Fsp3) is 0.405. The predicted octanol–water partition coefficient (Wildman–Crippen LogP) is 10.7. The van der Waals surface area contributed by atoms with Gasteiger partial charge in [0.05, 0.1) is 5.41 Å². The van der Waals surface area contributed by atoms with Crippen molar-refractivity contribution in [2.24, 2.45) is 5.92 Å². The summed E-state index contributed by atoms with van der Waals surface area (Å²) in [6.07, 6.45) is 15.5. The number of hydrogen-bond donors (Lipinski definition) is 0. The van der Waals surface area contributed by atoms with Crippen LogP contribution in [0.1, 0.15) is 88.0 Å². The quantitative estimate of drug-likeness (QED) is 0.119.